The minimum absolute atomic E-state index is 0.580. The number of aromatic nitrogens is 1. The second-order valence-electron chi connectivity index (χ2n) is 2.83. The minimum Gasteiger partial charge on any atom is -0.244 e. The first-order valence-corrected chi connectivity index (χ1v) is 4.16. The van der Waals surface area contributed by atoms with Gasteiger partial charge in [-0.1, -0.05) is 29.3 Å². The summed E-state index contributed by atoms with van der Waals surface area (Å²) in [5.41, 5.74) is 1.21. The molecule has 0 atom stereocenters. The number of hydrogen-bond acceptors (Lipinski definition) is 1. The van der Waals surface area contributed by atoms with Crippen LogP contribution in [0.3, 0.4) is 0 Å². The zero-order chi connectivity index (χ0) is 8.55. The molecule has 0 unspecified atom stereocenters. The van der Waals surface area contributed by atoms with Gasteiger partial charge in [0.2, 0.25) is 0 Å². The number of nitrogens with zero attached hydrogens (tertiary/aromatic N) is 1. The number of aryl methyl sites for hydroxylation is 1. The number of fused-ring (bicyclic) bond motifs is 1. The van der Waals surface area contributed by atoms with Crippen LogP contribution in [0.5, 0.6) is 0 Å². The van der Waals surface area contributed by atoms with Crippen LogP contribution in [0.2, 0.25) is 5.15 Å². The fraction of sp³-hybridized carbons (Fsp3) is 0.100. The molecule has 0 aliphatic rings. The molecule has 0 fully saturated rings. The van der Waals surface area contributed by atoms with Gasteiger partial charge in [0.05, 0.1) is 0 Å². The van der Waals surface area contributed by atoms with Crippen molar-refractivity contribution in [3.8, 4) is 0 Å². The van der Waals surface area contributed by atoms with Crippen LogP contribution in [-0.4, -0.2) is 4.98 Å². The molecular formula is C10H8ClN. The zero-order valence-corrected chi connectivity index (χ0v) is 7.47. The SMILES string of the molecule is Cc1ccc2ccnc(Cl)c2c1. The first-order chi connectivity index (χ1) is 5.77. The molecule has 2 heteroatoms. The molecule has 0 bridgehead atoms. The first-order valence-electron chi connectivity index (χ1n) is 3.78. The van der Waals surface area contributed by atoms with Crippen molar-refractivity contribution in [1.82, 2.24) is 4.98 Å². The lowest BCUT2D eigenvalue weighted by Crippen LogP contribution is -1.79. The predicted octanol–water partition coefficient (Wildman–Crippen LogP) is 3.20. The lowest BCUT2D eigenvalue weighted by molar-refractivity contribution is 1.36. The van der Waals surface area contributed by atoms with Crippen LogP contribution in [-0.2, 0) is 0 Å². The molecule has 1 nitrogen and oxygen atoms in total. The molecule has 0 amide bonds. The van der Waals surface area contributed by atoms with Crippen LogP contribution in [0, 0.1) is 6.92 Å². The Balaban J connectivity index is 2.88. The van der Waals surface area contributed by atoms with E-state index in [9.17, 15) is 0 Å². The predicted molar refractivity (Wildman–Crippen MR) is 51.5 cm³/mol. The highest BCUT2D eigenvalue weighted by Crippen LogP contribution is 2.21. The Morgan fingerprint density at radius 2 is 2.08 bits per heavy atom. The summed E-state index contributed by atoms with van der Waals surface area (Å²) in [6.45, 7) is 2.04. The second kappa shape index (κ2) is 2.76. The van der Waals surface area contributed by atoms with Crippen LogP contribution in [0.15, 0.2) is 30.5 Å². The van der Waals surface area contributed by atoms with Gasteiger partial charge < -0.3 is 0 Å². The molecule has 0 spiro atoms. The van der Waals surface area contributed by atoms with Crippen molar-refractivity contribution in [3.05, 3.63) is 41.2 Å². The molecule has 1 aromatic carbocycles. The van der Waals surface area contributed by atoms with Crippen molar-refractivity contribution in [2.45, 2.75) is 6.92 Å². The standard InChI is InChI=1S/C10H8ClN/c1-7-2-3-8-4-5-12-10(11)9(8)6-7/h2-6H,1H3. The van der Waals surface area contributed by atoms with E-state index in [0.29, 0.717) is 5.15 Å². The molecule has 0 saturated carbocycles. The number of halogens is 1. The Hall–Kier alpha value is -1.08. The van der Waals surface area contributed by atoms with Crippen molar-refractivity contribution in [2.75, 3.05) is 0 Å². The summed E-state index contributed by atoms with van der Waals surface area (Å²) >= 11 is 5.92. The van der Waals surface area contributed by atoms with Crippen molar-refractivity contribution >= 4 is 22.4 Å². The van der Waals surface area contributed by atoms with Gasteiger partial charge in [0.25, 0.3) is 0 Å². The molecular weight excluding hydrogens is 170 g/mol. The topological polar surface area (TPSA) is 12.9 Å². The molecule has 0 N–H and O–H groups in total. The van der Waals surface area contributed by atoms with Gasteiger partial charge in [-0.2, -0.15) is 0 Å². The van der Waals surface area contributed by atoms with E-state index in [1.807, 2.05) is 19.1 Å². The number of benzene rings is 1. The number of rotatable bonds is 0. The van der Waals surface area contributed by atoms with Crippen LogP contribution in [0.25, 0.3) is 10.8 Å². The van der Waals surface area contributed by atoms with E-state index in [-0.39, 0.29) is 0 Å². The van der Waals surface area contributed by atoms with E-state index in [4.69, 9.17) is 11.6 Å². The Bertz CT molecular complexity index is 423. The van der Waals surface area contributed by atoms with Gasteiger partial charge in [-0.3, -0.25) is 0 Å². The van der Waals surface area contributed by atoms with E-state index in [0.717, 1.165) is 10.8 Å². The summed E-state index contributed by atoms with van der Waals surface area (Å²) in [5.74, 6) is 0. The molecule has 0 aliphatic carbocycles. The highest BCUT2D eigenvalue weighted by molar-refractivity contribution is 6.34. The van der Waals surface area contributed by atoms with E-state index in [1.165, 1.54) is 5.56 Å². The van der Waals surface area contributed by atoms with Gasteiger partial charge >= 0.3 is 0 Å². The largest absolute Gasteiger partial charge is 0.244 e. The van der Waals surface area contributed by atoms with E-state index in [1.54, 1.807) is 6.20 Å². The second-order valence-corrected chi connectivity index (χ2v) is 3.18. The van der Waals surface area contributed by atoms with Gasteiger partial charge in [0, 0.05) is 11.6 Å². The fourth-order valence-corrected chi connectivity index (χ4v) is 1.47. The minimum atomic E-state index is 0.580. The normalized spacial score (nSPS) is 10.5. The highest BCUT2D eigenvalue weighted by atomic mass is 35.5. The quantitative estimate of drug-likeness (QED) is 0.564. The summed E-state index contributed by atoms with van der Waals surface area (Å²) < 4.78 is 0. The highest BCUT2D eigenvalue weighted by Gasteiger charge is 1.98. The van der Waals surface area contributed by atoms with Crippen molar-refractivity contribution < 1.29 is 0 Å². The third kappa shape index (κ3) is 1.16. The van der Waals surface area contributed by atoms with E-state index < -0.39 is 0 Å². The van der Waals surface area contributed by atoms with E-state index >= 15 is 0 Å². The van der Waals surface area contributed by atoms with Crippen molar-refractivity contribution in [3.63, 3.8) is 0 Å². The fourth-order valence-electron chi connectivity index (χ4n) is 1.25. The maximum Gasteiger partial charge on any atom is 0.136 e. The Kier molecular flexibility index (Phi) is 1.74. The Labute approximate surface area is 76.0 Å². The summed E-state index contributed by atoms with van der Waals surface area (Å²) in [6.07, 6.45) is 1.72. The van der Waals surface area contributed by atoms with Gasteiger partial charge in [0.1, 0.15) is 5.15 Å². The van der Waals surface area contributed by atoms with Crippen molar-refractivity contribution in [2.24, 2.45) is 0 Å². The summed E-state index contributed by atoms with van der Waals surface area (Å²) in [5, 5.41) is 2.75. The Morgan fingerprint density at radius 1 is 1.25 bits per heavy atom. The van der Waals surface area contributed by atoms with Crippen LogP contribution in [0.1, 0.15) is 5.56 Å². The molecule has 0 saturated heterocycles. The first kappa shape index (κ1) is 7.56. The van der Waals surface area contributed by atoms with Gasteiger partial charge in [-0.25, -0.2) is 4.98 Å². The average Bonchev–Trinajstić information content (AvgIpc) is 2.07. The molecule has 0 aliphatic heterocycles. The van der Waals surface area contributed by atoms with Gasteiger partial charge in [-0.15, -0.1) is 0 Å². The number of pyridine rings is 1. The summed E-state index contributed by atoms with van der Waals surface area (Å²) in [6, 6.07) is 8.13. The number of hydrogen-bond donors (Lipinski definition) is 0. The molecule has 12 heavy (non-hydrogen) atoms. The third-order valence-electron chi connectivity index (χ3n) is 1.87. The summed E-state index contributed by atoms with van der Waals surface area (Å²) in [4.78, 5) is 4.01. The molecule has 60 valence electrons. The Morgan fingerprint density at radius 3 is 2.92 bits per heavy atom. The molecule has 1 heterocycles. The van der Waals surface area contributed by atoms with Gasteiger partial charge in [-0.05, 0) is 24.4 Å². The maximum atomic E-state index is 5.92. The molecule has 1 aromatic heterocycles. The molecule has 0 radical (unpaired) electrons. The van der Waals surface area contributed by atoms with Crippen LogP contribution in [0.4, 0.5) is 0 Å². The molecule has 2 rings (SSSR count). The zero-order valence-electron chi connectivity index (χ0n) is 6.71. The van der Waals surface area contributed by atoms with E-state index in [2.05, 4.69) is 17.1 Å². The van der Waals surface area contributed by atoms with Crippen LogP contribution >= 0.6 is 11.6 Å². The smallest absolute Gasteiger partial charge is 0.136 e. The third-order valence-corrected chi connectivity index (χ3v) is 2.17. The average molecular weight is 178 g/mol. The lowest BCUT2D eigenvalue weighted by Gasteiger charge is -1.99. The lowest BCUT2D eigenvalue weighted by atomic mass is 10.1. The summed E-state index contributed by atoms with van der Waals surface area (Å²) in [7, 11) is 0. The monoisotopic (exact) mass is 177 g/mol. The van der Waals surface area contributed by atoms with Gasteiger partial charge in [0.15, 0.2) is 0 Å². The maximum absolute atomic E-state index is 5.92. The van der Waals surface area contributed by atoms with Crippen LogP contribution < -0.4 is 0 Å². The van der Waals surface area contributed by atoms with Crippen molar-refractivity contribution in [1.29, 1.82) is 0 Å². The molecule has 2 aromatic rings.